The van der Waals surface area contributed by atoms with Crippen LogP contribution in [0.3, 0.4) is 0 Å². The molecule has 0 unspecified atom stereocenters. The van der Waals surface area contributed by atoms with E-state index >= 15 is 0 Å². The van der Waals surface area contributed by atoms with Gasteiger partial charge in [0.05, 0.1) is 5.69 Å². The van der Waals surface area contributed by atoms with E-state index in [2.05, 4.69) is 20.8 Å². The van der Waals surface area contributed by atoms with Gasteiger partial charge in [0.15, 0.2) is 6.61 Å². The van der Waals surface area contributed by atoms with Gasteiger partial charge in [-0.15, -0.1) is 10.2 Å². The predicted molar refractivity (Wildman–Crippen MR) is 82.2 cm³/mol. The van der Waals surface area contributed by atoms with Crippen LogP contribution in [-0.4, -0.2) is 28.6 Å². The Morgan fingerprint density at radius 1 is 1.41 bits per heavy atom. The minimum absolute atomic E-state index is 0.0441. The first kappa shape index (κ1) is 14.5. The average Bonchev–Trinajstić information content (AvgIpc) is 2.90. The minimum Gasteiger partial charge on any atom is -0.482 e. The van der Waals surface area contributed by atoms with E-state index in [0.29, 0.717) is 29.4 Å². The van der Waals surface area contributed by atoms with E-state index in [1.54, 1.807) is 6.07 Å². The molecule has 0 fully saturated rings. The van der Waals surface area contributed by atoms with Gasteiger partial charge in [-0.05, 0) is 25.0 Å². The molecular weight excluding hydrogens is 304 g/mol. The van der Waals surface area contributed by atoms with Crippen molar-refractivity contribution in [1.29, 1.82) is 0 Å². The van der Waals surface area contributed by atoms with E-state index in [4.69, 9.17) is 4.74 Å². The van der Waals surface area contributed by atoms with Crippen LogP contribution in [0.15, 0.2) is 18.2 Å². The minimum atomic E-state index is -0.323. The third kappa shape index (κ3) is 3.22. The van der Waals surface area contributed by atoms with Crippen molar-refractivity contribution in [2.75, 3.05) is 17.2 Å². The van der Waals surface area contributed by atoms with E-state index in [-0.39, 0.29) is 18.4 Å². The molecule has 7 nitrogen and oxygen atoms in total. The maximum atomic E-state index is 11.8. The molecule has 0 saturated carbocycles. The standard InChI is InChI=1S/C14H14N4O3S/c1-8-17-18-14(22-8)16-12(20)7-21-10-4-2-3-9-5-6-11(19)15-13(9)10/h2-4H,5-7H2,1H3,(H,15,19)(H,16,18,20). The topological polar surface area (TPSA) is 93.2 Å². The van der Waals surface area contributed by atoms with Crippen LogP contribution in [0, 0.1) is 6.92 Å². The second-order valence-corrected chi connectivity index (χ2v) is 5.98. The number of benzene rings is 1. The summed E-state index contributed by atoms with van der Waals surface area (Å²) < 4.78 is 5.52. The summed E-state index contributed by atoms with van der Waals surface area (Å²) in [4.78, 5) is 23.3. The molecule has 114 valence electrons. The van der Waals surface area contributed by atoms with Crippen LogP contribution >= 0.6 is 11.3 Å². The summed E-state index contributed by atoms with van der Waals surface area (Å²) in [6.07, 6.45) is 1.14. The third-order valence-corrected chi connectivity index (χ3v) is 3.88. The highest BCUT2D eigenvalue weighted by atomic mass is 32.1. The van der Waals surface area contributed by atoms with E-state index in [9.17, 15) is 9.59 Å². The smallest absolute Gasteiger partial charge is 0.264 e. The molecule has 3 rings (SSSR count). The Morgan fingerprint density at radius 3 is 3.05 bits per heavy atom. The van der Waals surface area contributed by atoms with Crippen LogP contribution in [0.4, 0.5) is 10.8 Å². The van der Waals surface area contributed by atoms with Gasteiger partial charge in [0, 0.05) is 6.42 Å². The largest absolute Gasteiger partial charge is 0.482 e. The first-order valence-corrected chi connectivity index (χ1v) is 7.58. The summed E-state index contributed by atoms with van der Waals surface area (Å²) in [5.41, 5.74) is 1.66. The monoisotopic (exact) mass is 318 g/mol. The number of hydrogen-bond acceptors (Lipinski definition) is 6. The molecule has 1 aromatic carbocycles. The molecule has 0 spiro atoms. The number of nitrogens with zero attached hydrogens (tertiary/aromatic N) is 2. The van der Waals surface area contributed by atoms with Crippen molar-refractivity contribution in [3.8, 4) is 5.75 Å². The Morgan fingerprint density at radius 2 is 2.27 bits per heavy atom. The molecule has 0 radical (unpaired) electrons. The number of hydrogen-bond donors (Lipinski definition) is 2. The normalized spacial score (nSPS) is 13.2. The zero-order chi connectivity index (χ0) is 15.5. The highest BCUT2D eigenvalue weighted by Gasteiger charge is 2.19. The van der Waals surface area contributed by atoms with Crippen molar-refractivity contribution in [2.45, 2.75) is 19.8 Å². The van der Waals surface area contributed by atoms with Gasteiger partial charge in [-0.2, -0.15) is 0 Å². The fraction of sp³-hybridized carbons (Fsp3) is 0.286. The Labute approximate surface area is 130 Å². The molecule has 1 aliphatic rings. The second kappa shape index (κ2) is 6.10. The summed E-state index contributed by atoms with van der Waals surface area (Å²) in [5.74, 6) is 0.127. The number of nitrogens with one attached hydrogen (secondary N) is 2. The number of fused-ring (bicyclic) bond motifs is 1. The van der Waals surface area contributed by atoms with Crippen LogP contribution in [0.5, 0.6) is 5.75 Å². The summed E-state index contributed by atoms with van der Waals surface area (Å²) in [5, 5.41) is 14.3. The molecule has 2 N–H and O–H groups in total. The summed E-state index contributed by atoms with van der Waals surface area (Å²) in [6.45, 7) is 1.65. The summed E-state index contributed by atoms with van der Waals surface area (Å²) in [6, 6.07) is 5.51. The molecule has 2 amide bonds. The van der Waals surface area contributed by atoms with Crippen LogP contribution in [0.1, 0.15) is 17.0 Å². The molecule has 1 aliphatic heterocycles. The van der Waals surface area contributed by atoms with E-state index < -0.39 is 0 Å². The van der Waals surface area contributed by atoms with Crippen molar-refractivity contribution in [3.63, 3.8) is 0 Å². The van der Waals surface area contributed by atoms with Gasteiger partial charge in [-0.3, -0.25) is 14.9 Å². The molecule has 2 aromatic rings. The zero-order valence-corrected chi connectivity index (χ0v) is 12.7. The fourth-order valence-electron chi connectivity index (χ4n) is 2.14. The van der Waals surface area contributed by atoms with Gasteiger partial charge in [0.2, 0.25) is 11.0 Å². The lowest BCUT2D eigenvalue weighted by Crippen LogP contribution is -2.23. The predicted octanol–water partition coefficient (Wildman–Crippen LogP) is 1.75. The molecule has 0 atom stereocenters. The van der Waals surface area contributed by atoms with Crippen LogP contribution in [0.2, 0.25) is 0 Å². The van der Waals surface area contributed by atoms with Gasteiger partial charge < -0.3 is 10.1 Å². The first-order chi connectivity index (χ1) is 10.6. The van der Waals surface area contributed by atoms with Crippen LogP contribution < -0.4 is 15.4 Å². The molecule has 22 heavy (non-hydrogen) atoms. The molecule has 2 heterocycles. The number of aryl methyl sites for hydroxylation is 2. The highest BCUT2D eigenvalue weighted by Crippen LogP contribution is 2.32. The maximum absolute atomic E-state index is 11.8. The Hall–Kier alpha value is -2.48. The van der Waals surface area contributed by atoms with Crippen molar-refractivity contribution in [3.05, 3.63) is 28.8 Å². The van der Waals surface area contributed by atoms with Crippen molar-refractivity contribution >= 4 is 34.0 Å². The van der Waals surface area contributed by atoms with Crippen LogP contribution in [-0.2, 0) is 16.0 Å². The lowest BCUT2D eigenvalue weighted by atomic mass is 10.0. The SMILES string of the molecule is Cc1nnc(NC(=O)COc2cccc3c2NC(=O)CC3)s1. The molecule has 8 heteroatoms. The molecule has 1 aromatic heterocycles. The van der Waals surface area contributed by atoms with Gasteiger partial charge >= 0.3 is 0 Å². The third-order valence-electron chi connectivity index (χ3n) is 3.13. The fourth-order valence-corrected chi connectivity index (χ4v) is 2.75. The molecule has 0 bridgehead atoms. The zero-order valence-electron chi connectivity index (χ0n) is 11.9. The molecule has 0 saturated heterocycles. The number of carbonyl (C=O) groups excluding carboxylic acids is 2. The molecule has 0 aliphatic carbocycles. The van der Waals surface area contributed by atoms with Gasteiger partial charge in [-0.1, -0.05) is 23.5 Å². The summed E-state index contributed by atoms with van der Waals surface area (Å²) >= 11 is 1.29. The summed E-state index contributed by atoms with van der Waals surface area (Å²) in [7, 11) is 0. The number of ether oxygens (including phenoxy) is 1. The maximum Gasteiger partial charge on any atom is 0.264 e. The van der Waals surface area contributed by atoms with E-state index in [1.165, 1.54) is 11.3 Å². The number of anilines is 2. The van der Waals surface area contributed by atoms with E-state index in [1.807, 2.05) is 19.1 Å². The van der Waals surface area contributed by atoms with Crippen molar-refractivity contribution in [1.82, 2.24) is 10.2 Å². The Bertz CT molecular complexity index is 729. The number of carbonyl (C=O) groups is 2. The van der Waals surface area contributed by atoms with E-state index in [0.717, 1.165) is 10.6 Å². The quantitative estimate of drug-likeness (QED) is 0.896. The van der Waals surface area contributed by atoms with Gasteiger partial charge in [-0.25, -0.2) is 0 Å². The lowest BCUT2D eigenvalue weighted by Gasteiger charge is -2.19. The molecular formula is C14H14N4O3S. The highest BCUT2D eigenvalue weighted by molar-refractivity contribution is 7.15. The Kier molecular flexibility index (Phi) is 4.01. The lowest BCUT2D eigenvalue weighted by molar-refractivity contribution is -0.118. The number of aromatic nitrogens is 2. The van der Waals surface area contributed by atoms with Crippen LogP contribution in [0.25, 0.3) is 0 Å². The van der Waals surface area contributed by atoms with Crippen molar-refractivity contribution in [2.24, 2.45) is 0 Å². The average molecular weight is 318 g/mol. The number of para-hydroxylation sites is 1. The number of amides is 2. The van der Waals surface area contributed by atoms with Gasteiger partial charge in [0.25, 0.3) is 5.91 Å². The van der Waals surface area contributed by atoms with Gasteiger partial charge in [0.1, 0.15) is 10.8 Å². The first-order valence-electron chi connectivity index (χ1n) is 6.76. The second-order valence-electron chi connectivity index (χ2n) is 4.80. The number of rotatable bonds is 4. The van der Waals surface area contributed by atoms with Crippen molar-refractivity contribution < 1.29 is 14.3 Å². The Balaban J connectivity index is 1.64.